The lowest BCUT2D eigenvalue weighted by Gasteiger charge is -2.20. The van der Waals surface area contributed by atoms with Crippen LogP contribution in [-0.4, -0.2) is 37.0 Å². The molecule has 0 aliphatic heterocycles. The van der Waals surface area contributed by atoms with Crippen LogP contribution in [0.25, 0.3) is 0 Å². The van der Waals surface area contributed by atoms with Gasteiger partial charge in [0.15, 0.2) is 0 Å². The fourth-order valence-corrected chi connectivity index (χ4v) is 1.82. The van der Waals surface area contributed by atoms with Gasteiger partial charge in [0, 0.05) is 19.2 Å². The second-order valence-electron chi connectivity index (χ2n) is 5.94. The van der Waals surface area contributed by atoms with Crippen molar-refractivity contribution < 1.29 is 9.84 Å². The molecule has 0 rings (SSSR count). The third-order valence-electron chi connectivity index (χ3n) is 3.63. The molecule has 0 aliphatic carbocycles. The zero-order valence-corrected chi connectivity index (χ0v) is 13.5. The summed E-state index contributed by atoms with van der Waals surface area (Å²) in [5.74, 6) is 0.594. The van der Waals surface area contributed by atoms with E-state index >= 15 is 0 Å². The average molecular weight is 273 g/mol. The van der Waals surface area contributed by atoms with Crippen LogP contribution in [0.4, 0.5) is 0 Å². The van der Waals surface area contributed by atoms with Crippen molar-refractivity contribution >= 4 is 0 Å². The lowest BCUT2D eigenvalue weighted by Crippen LogP contribution is -2.38. The van der Waals surface area contributed by atoms with Crippen molar-refractivity contribution in [3.63, 3.8) is 0 Å². The van der Waals surface area contributed by atoms with Gasteiger partial charge < -0.3 is 15.2 Å². The molecule has 19 heavy (non-hydrogen) atoms. The van der Waals surface area contributed by atoms with Gasteiger partial charge in [0.1, 0.15) is 0 Å². The van der Waals surface area contributed by atoms with Crippen LogP contribution in [0.1, 0.15) is 66.2 Å². The Morgan fingerprint density at radius 1 is 1.00 bits per heavy atom. The van der Waals surface area contributed by atoms with Crippen molar-refractivity contribution in [1.29, 1.82) is 0 Å². The van der Waals surface area contributed by atoms with Crippen molar-refractivity contribution in [1.82, 2.24) is 5.32 Å². The fraction of sp³-hybridized carbons (Fsp3) is 1.00. The van der Waals surface area contributed by atoms with E-state index in [0.29, 0.717) is 25.1 Å². The molecule has 2 N–H and O–H groups in total. The molecule has 0 heterocycles. The molecule has 3 nitrogen and oxygen atoms in total. The molecule has 0 saturated carbocycles. The number of hydrogen-bond acceptors (Lipinski definition) is 3. The average Bonchev–Trinajstić information content (AvgIpc) is 2.38. The van der Waals surface area contributed by atoms with E-state index < -0.39 is 0 Å². The molecule has 0 saturated heterocycles. The fourth-order valence-electron chi connectivity index (χ4n) is 1.82. The number of aliphatic hydroxyl groups excluding tert-OH is 1. The van der Waals surface area contributed by atoms with Gasteiger partial charge in [-0.2, -0.15) is 0 Å². The standard InChI is InChI=1S/C16H35NO2/c1-5-6-7-8-9-10-11-19-13-16(18)12-17-15(4)14(2)3/h14-18H,5-13H2,1-4H3. The number of nitrogens with one attached hydrogen (secondary N) is 1. The second-order valence-corrected chi connectivity index (χ2v) is 5.94. The number of ether oxygens (including phenoxy) is 1. The third kappa shape index (κ3) is 12.6. The molecule has 0 radical (unpaired) electrons. The van der Waals surface area contributed by atoms with E-state index in [1.807, 2.05) is 0 Å². The first-order chi connectivity index (χ1) is 9.07. The first kappa shape index (κ1) is 18.9. The normalized spacial score (nSPS) is 14.8. The summed E-state index contributed by atoms with van der Waals surface area (Å²) >= 11 is 0. The molecule has 0 spiro atoms. The van der Waals surface area contributed by atoms with Crippen molar-refractivity contribution in [3.05, 3.63) is 0 Å². The van der Waals surface area contributed by atoms with Gasteiger partial charge in [-0.15, -0.1) is 0 Å². The Balaban J connectivity index is 3.27. The molecule has 116 valence electrons. The summed E-state index contributed by atoms with van der Waals surface area (Å²) in [5, 5.41) is 13.1. The van der Waals surface area contributed by atoms with Gasteiger partial charge in [-0.25, -0.2) is 0 Å². The van der Waals surface area contributed by atoms with Gasteiger partial charge >= 0.3 is 0 Å². The highest BCUT2D eigenvalue weighted by Crippen LogP contribution is 2.05. The van der Waals surface area contributed by atoms with Crippen LogP contribution in [0.2, 0.25) is 0 Å². The molecule has 0 bridgehead atoms. The highest BCUT2D eigenvalue weighted by molar-refractivity contribution is 4.67. The number of aliphatic hydroxyl groups is 1. The molecule has 0 aromatic heterocycles. The van der Waals surface area contributed by atoms with Gasteiger partial charge in [0.25, 0.3) is 0 Å². The highest BCUT2D eigenvalue weighted by atomic mass is 16.5. The summed E-state index contributed by atoms with van der Waals surface area (Å²) in [6.45, 7) is 10.6. The Bertz CT molecular complexity index is 186. The molecule has 0 amide bonds. The molecule has 0 aromatic rings. The van der Waals surface area contributed by atoms with Crippen LogP contribution in [0.15, 0.2) is 0 Å². The Labute approximate surface area is 120 Å². The Morgan fingerprint density at radius 2 is 1.63 bits per heavy atom. The molecular formula is C16H35NO2. The molecule has 0 aliphatic rings. The highest BCUT2D eigenvalue weighted by Gasteiger charge is 2.09. The van der Waals surface area contributed by atoms with Crippen LogP contribution in [0.3, 0.4) is 0 Å². The van der Waals surface area contributed by atoms with Gasteiger partial charge in [0.05, 0.1) is 12.7 Å². The zero-order valence-electron chi connectivity index (χ0n) is 13.5. The first-order valence-electron chi connectivity index (χ1n) is 8.07. The lowest BCUT2D eigenvalue weighted by molar-refractivity contribution is 0.0337. The van der Waals surface area contributed by atoms with Gasteiger partial charge in [0.2, 0.25) is 0 Å². The summed E-state index contributed by atoms with van der Waals surface area (Å²) in [7, 11) is 0. The monoisotopic (exact) mass is 273 g/mol. The molecule has 2 atom stereocenters. The van der Waals surface area contributed by atoms with Gasteiger partial charge in [-0.1, -0.05) is 52.9 Å². The van der Waals surface area contributed by atoms with E-state index in [2.05, 4.69) is 33.0 Å². The van der Waals surface area contributed by atoms with E-state index in [1.165, 1.54) is 32.1 Å². The first-order valence-corrected chi connectivity index (χ1v) is 8.07. The maximum atomic E-state index is 9.77. The van der Waals surface area contributed by atoms with E-state index in [-0.39, 0.29) is 6.10 Å². The van der Waals surface area contributed by atoms with E-state index in [0.717, 1.165) is 13.0 Å². The summed E-state index contributed by atoms with van der Waals surface area (Å²) in [6, 6.07) is 0.438. The summed E-state index contributed by atoms with van der Waals surface area (Å²) in [6.07, 6.45) is 7.28. The Kier molecular flexibility index (Phi) is 12.8. The van der Waals surface area contributed by atoms with E-state index in [1.54, 1.807) is 0 Å². The number of hydrogen-bond donors (Lipinski definition) is 2. The van der Waals surface area contributed by atoms with Crippen molar-refractivity contribution in [3.8, 4) is 0 Å². The predicted molar refractivity (Wildman–Crippen MR) is 82.5 cm³/mol. The second kappa shape index (κ2) is 12.9. The maximum absolute atomic E-state index is 9.77. The molecule has 3 heteroatoms. The topological polar surface area (TPSA) is 41.5 Å². The third-order valence-corrected chi connectivity index (χ3v) is 3.63. The number of rotatable bonds is 13. The molecule has 0 aromatic carbocycles. The van der Waals surface area contributed by atoms with Crippen LogP contribution in [-0.2, 0) is 4.74 Å². The minimum atomic E-state index is -0.388. The summed E-state index contributed by atoms with van der Waals surface area (Å²) in [4.78, 5) is 0. The quantitative estimate of drug-likeness (QED) is 0.506. The minimum absolute atomic E-state index is 0.388. The summed E-state index contributed by atoms with van der Waals surface area (Å²) < 4.78 is 5.50. The van der Waals surface area contributed by atoms with Crippen LogP contribution in [0, 0.1) is 5.92 Å². The maximum Gasteiger partial charge on any atom is 0.0897 e. The smallest absolute Gasteiger partial charge is 0.0897 e. The van der Waals surface area contributed by atoms with E-state index in [9.17, 15) is 5.11 Å². The van der Waals surface area contributed by atoms with Crippen molar-refractivity contribution in [2.24, 2.45) is 5.92 Å². The van der Waals surface area contributed by atoms with Gasteiger partial charge in [-0.05, 0) is 19.3 Å². The Morgan fingerprint density at radius 3 is 2.26 bits per heavy atom. The van der Waals surface area contributed by atoms with Crippen LogP contribution in [0.5, 0.6) is 0 Å². The van der Waals surface area contributed by atoms with Crippen molar-refractivity contribution in [2.45, 2.75) is 78.4 Å². The van der Waals surface area contributed by atoms with Gasteiger partial charge in [-0.3, -0.25) is 0 Å². The summed E-state index contributed by atoms with van der Waals surface area (Å²) in [5.41, 5.74) is 0. The zero-order chi connectivity index (χ0) is 14.5. The largest absolute Gasteiger partial charge is 0.389 e. The molecular weight excluding hydrogens is 238 g/mol. The minimum Gasteiger partial charge on any atom is -0.389 e. The van der Waals surface area contributed by atoms with Crippen LogP contribution < -0.4 is 5.32 Å². The number of unbranched alkanes of at least 4 members (excludes halogenated alkanes) is 5. The van der Waals surface area contributed by atoms with Crippen LogP contribution >= 0.6 is 0 Å². The molecule has 2 unspecified atom stereocenters. The van der Waals surface area contributed by atoms with E-state index in [4.69, 9.17) is 4.74 Å². The molecule has 0 fully saturated rings. The van der Waals surface area contributed by atoms with Crippen molar-refractivity contribution in [2.75, 3.05) is 19.8 Å². The predicted octanol–water partition coefficient (Wildman–Crippen LogP) is 3.36. The lowest BCUT2D eigenvalue weighted by atomic mass is 10.1. The SMILES string of the molecule is CCCCCCCCOCC(O)CNC(C)C(C)C. The Hall–Kier alpha value is -0.120.